The van der Waals surface area contributed by atoms with Crippen molar-refractivity contribution in [1.82, 2.24) is 15.0 Å². The van der Waals surface area contributed by atoms with Crippen LogP contribution in [0.3, 0.4) is 0 Å². The van der Waals surface area contributed by atoms with Crippen molar-refractivity contribution >= 4 is 5.78 Å². The van der Waals surface area contributed by atoms with Crippen molar-refractivity contribution in [3.63, 3.8) is 0 Å². The van der Waals surface area contributed by atoms with E-state index in [1.165, 1.54) is 10.9 Å². The Morgan fingerprint density at radius 3 is 2.69 bits per heavy atom. The number of aryl methyl sites for hydroxylation is 1. The van der Waals surface area contributed by atoms with E-state index < -0.39 is 0 Å². The van der Waals surface area contributed by atoms with Gasteiger partial charge in [-0.1, -0.05) is 19.1 Å². The van der Waals surface area contributed by atoms with Crippen LogP contribution in [-0.4, -0.2) is 20.8 Å². The first-order valence-electron chi connectivity index (χ1n) is 4.41. The number of nitrogens with zero attached hydrogens (tertiary/aromatic N) is 3. The summed E-state index contributed by atoms with van der Waals surface area (Å²) in [5.41, 5.74) is 0.803. The molecule has 1 aromatic heterocycles. The van der Waals surface area contributed by atoms with E-state index in [1.807, 2.05) is 0 Å². The molecule has 1 saturated carbocycles. The third-order valence-corrected chi connectivity index (χ3v) is 2.80. The van der Waals surface area contributed by atoms with Crippen molar-refractivity contribution in [2.24, 2.45) is 18.4 Å². The van der Waals surface area contributed by atoms with Crippen LogP contribution in [0, 0.1) is 11.3 Å². The average Bonchev–Trinajstić information content (AvgIpc) is 2.49. The summed E-state index contributed by atoms with van der Waals surface area (Å²) in [6.45, 7) is 4.22. The molecule has 0 saturated heterocycles. The van der Waals surface area contributed by atoms with E-state index in [0.29, 0.717) is 5.69 Å². The summed E-state index contributed by atoms with van der Waals surface area (Å²) in [4.78, 5) is 11.8. The van der Waals surface area contributed by atoms with Crippen LogP contribution >= 0.6 is 0 Å². The van der Waals surface area contributed by atoms with Crippen LogP contribution in [-0.2, 0) is 7.05 Å². The van der Waals surface area contributed by atoms with Gasteiger partial charge in [-0.3, -0.25) is 4.79 Å². The molecular weight excluding hydrogens is 166 g/mol. The Morgan fingerprint density at radius 1 is 1.69 bits per heavy atom. The maximum Gasteiger partial charge on any atom is 0.186 e. The van der Waals surface area contributed by atoms with Gasteiger partial charge in [-0.2, -0.15) is 0 Å². The summed E-state index contributed by atoms with van der Waals surface area (Å²) in [7, 11) is 1.75. The topological polar surface area (TPSA) is 47.8 Å². The van der Waals surface area contributed by atoms with Gasteiger partial charge < -0.3 is 0 Å². The Labute approximate surface area is 76.9 Å². The van der Waals surface area contributed by atoms with Gasteiger partial charge in [0.2, 0.25) is 0 Å². The summed E-state index contributed by atoms with van der Waals surface area (Å²) in [5, 5.41) is 7.43. The molecule has 2 rings (SSSR count). The highest BCUT2D eigenvalue weighted by Gasteiger charge is 2.51. The zero-order valence-corrected chi connectivity index (χ0v) is 8.11. The number of Topliss-reactive ketones (excluding diaryl/α,β-unsaturated/α-hetero) is 1. The molecule has 1 atom stereocenters. The SMILES string of the molecule is Cn1nncc1C(=O)C1CC1(C)C. The molecule has 1 fully saturated rings. The number of ketones is 1. The van der Waals surface area contributed by atoms with Crippen molar-refractivity contribution in [3.8, 4) is 0 Å². The predicted molar refractivity (Wildman–Crippen MR) is 47.2 cm³/mol. The highest BCUT2D eigenvalue weighted by molar-refractivity contribution is 5.98. The highest BCUT2D eigenvalue weighted by Crippen LogP contribution is 2.52. The van der Waals surface area contributed by atoms with Crippen molar-refractivity contribution in [2.75, 3.05) is 0 Å². The van der Waals surface area contributed by atoms with E-state index >= 15 is 0 Å². The maximum atomic E-state index is 11.8. The Kier molecular flexibility index (Phi) is 1.55. The average molecular weight is 179 g/mol. The minimum absolute atomic E-state index is 0.171. The van der Waals surface area contributed by atoms with Crippen LogP contribution in [0.5, 0.6) is 0 Å². The van der Waals surface area contributed by atoms with Crippen molar-refractivity contribution in [2.45, 2.75) is 20.3 Å². The maximum absolute atomic E-state index is 11.8. The van der Waals surface area contributed by atoms with Gasteiger partial charge in [-0.05, 0) is 11.8 Å². The Morgan fingerprint density at radius 2 is 2.31 bits per heavy atom. The zero-order chi connectivity index (χ0) is 9.64. The van der Waals surface area contributed by atoms with Crippen LogP contribution in [0.15, 0.2) is 6.20 Å². The highest BCUT2D eigenvalue weighted by atomic mass is 16.1. The molecule has 4 heteroatoms. The second-order valence-corrected chi connectivity index (χ2v) is 4.35. The smallest absolute Gasteiger partial charge is 0.186 e. The third kappa shape index (κ3) is 1.26. The normalized spacial score (nSPS) is 24.4. The Hall–Kier alpha value is -1.19. The summed E-state index contributed by atoms with van der Waals surface area (Å²) < 4.78 is 1.54. The quantitative estimate of drug-likeness (QED) is 0.637. The van der Waals surface area contributed by atoms with Crippen molar-refractivity contribution in [3.05, 3.63) is 11.9 Å². The van der Waals surface area contributed by atoms with Gasteiger partial charge in [0.1, 0.15) is 5.69 Å². The lowest BCUT2D eigenvalue weighted by Gasteiger charge is -2.01. The minimum atomic E-state index is 0.171. The van der Waals surface area contributed by atoms with E-state index in [4.69, 9.17) is 0 Å². The molecule has 4 nitrogen and oxygen atoms in total. The van der Waals surface area contributed by atoms with Gasteiger partial charge in [-0.25, -0.2) is 4.68 Å². The number of carbonyl (C=O) groups excluding carboxylic acids is 1. The standard InChI is InChI=1S/C9H13N3O/c1-9(2)4-6(9)8(13)7-5-10-11-12(7)3/h5-6H,4H2,1-3H3. The number of aromatic nitrogens is 3. The molecule has 1 aromatic rings. The van der Waals surface area contributed by atoms with E-state index in [9.17, 15) is 4.79 Å². The molecule has 0 aliphatic heterocycles. The van der Waals surface area contributed by atoms with E-state index in [0.717, 1.165) is 6.42 Å². The molecule has 0 bridgehead atoms. The molecule has 1 aliphatic carbocycles. The lowest BCUT2D eigenvalue weighted by atomic mass is 10.1. The lowest BCUT2D eigenvalue weighted by molar-refractivity contribution is 0.0944. The minimum Gasteiger partial charge on any atom is -0.292 e. The summed E-state index contributed by atoms with van der Waals surface area (Å²) in [6.07, 6.45) is 2.52. The fourth-order valence-corrected chi connectivity index (χ4v) is 1.61. The van der Waals surface area contributed by atoms with Crippen LogP contribution in [0.25, 0.3) is 0 Å². The van der Waals surface area contributed by atoms with Crippen molar-refractivity contribution < 1.29 is 4.79 Å². The molecule has 1 heterocycles. The molecule has 13 heavy (non-hydrogen) atoms. The first kappa shape index (κ1) is 8.41. The largest absolute Gasteiger partial charge is 0.292 e. The van der Waals surface area contributed by atoms with Gasteiger partial charge in [-0.15, -0.1) is 5.10 Å². The second kappa shape index (κ2) is 2.40. The summed E-state index contributed by atoms with van der Waals surface area (Å²) in [5.74, 6) is 0.349. The van der Waals surface area contributed by atoms with Crippen LogP contribution in [0.2, 0.25) is 0 Å². The molecule has 70 valence electrons. The molecule has 0 spiro atoms. The molecule has 0 amide bonds. The Balaban J connectivity index is 2.21. The lowest BCUT2D eigenvalue weighted by Crippen LogP contribution is -2.11. The van der Waals surface area contributed by atoms with E-state index in [-0.39, 0.29) is 17.1 Å². The number of hydrogen-bond acceptors (Lipinski definition) is 3. The molecule has 0 N–H and O–H groups in total. The van der Waals surface area contributed by atoms with Crippen LogP contribution in [0.1, 0.15) is 30.8 Å². The van der Waals surface area contributed by atoms with Gasteiger partial charge in [0.15, 0.2) is 5.78 Å². The number of hydrogen-bond donors (Lipinski definition) is 0. The predicted octanol–water partition coefficient (Wildman–Crippen LogP) is 1.04. The fourth-order valence-electron chi connectivity index (χ4n) is 1.61. The van der Waals surface area contributed by atoms with Crippen LogP contribution < -0.4 is 0 Å². The summed E-state index contributed by atoms with van der Waals surface area (Å²) in [6, 6.07) is 0. The van der Waals surface area contributed by atoms with Gasteiger partial charge >= 0.3 is 0 Å². The van der Waals surface area contributed by atoms with Crippen LogP contribution in [0.4, 0.5) is 0 Å². The van der Waals surface area contributed by atoms with Crippen molar-refractivity contribution in [1.29, 1.82) is 0 Å². The van der Waals surface area contributed by atoms with E-state index in [1.54, 1.807) is 7.05 Å². The molecule has 0 aromatic carbocycles. The van der Waals surface area contributed by atoms with Gasteiger partial charge in [0, 0.05) is 13.0 Å². The summed E-state index contributed by atoms with van der Waals surface area (Å²) >= 11 is 0. The number of rotatable bonds is 2. The van der Waals surface area contributed by atoms with Gasteiger partial charge in [0.25, 0.3) is 0 Å². The van der Waals surface area contributed by atoms with Gasteiger partial charge in [0.05, 0.1) is 6.20 Å². The first-order valence-corrected chi connectivity index (χ1v) is 4.41. The zero-order valence-electron chi connectivity index (χ0n) is 8.11. The Bertz CT molecular complexity index is 353. The molecular formula is C9H13N3O. The first-order chi connectivity index (χ1) is 6.02. The molecule has 0 radical (unpaired) electrons. The second-order valence-electron chi connectivity index (χ2n) is 4.35. The number of carbonyl (C=O) groups is 1. The van der Waals surface area contributed by atoms with E-state index in [2.05, 4.69) is 24.2 Å². The molecule has 1 unspecified atom stereocenters. The monoisotopic (exact) mass is 179 g/mol. The third-order valence-electron chi connectivity index (χ3n) is 2.80. The fraction of sp³-hybridized carbons (Fsp3) is 0.667. The molecule has 1 aliphatic rings.